The van der Waals surface area contributed by atoms with Crippen molar-refractivity contribution < 1.29 is 17.9 Å². The van der Waals surface area contributed by atoms with E-state index in [-0.39, 0.29) is 4.90 Å². The van der Waals surface area contributed by atoms with Gasteiger partial charge in [0, 0.05) is 32.7 Å². The first-order valence-electron chi connectivity index (χ1n) is 10.2. The molecule has 0 atom stereocenters. The van der Waals surface area contributed by atoms with Crippen LogP contribution in [-0.2, 0) is 10.0 Å². The van der Waals surface area contributed by atoms with Gasteiger partial charge in [-0.1, -0.05) is 18.2 Å². The number of hydrogen-bond donors (Lipinski definition) is 1. The molecule has 2 aromatic rings. The van der Waals surface area contributed by atoms with E-state index in [0.717, 1.165) is 56.1 Å². The zero-order valence-corrected chi connectivity index (χ0v) is 18.7. The van der Waals surface area contributed by atoms with Gasteiger partial charge in [0.25, 0.3) is 0 Å². The average molecular weight is 434 g/mol. The number of rotatable bonds is 9. The van der Waals surface area contributed by atoms with Gasteiger partial charge in [-0.15, -0.1) is 0 Å². The fraction of sp³-hybridized carbons (Fsp3) is 0.455. The molecule has 0 unspecified atom stereocenters. The van der Waals surface area contributed by atoms with Crippen molar-refractivity contribution >= 4 is 15.7 Å². The topological polar surface area (TPSA) is 71.1 Å². The number of methoxy groups -OCH3 is 2. The third-order valence-electron chi connectivity index (χ3n) is 5.35. The third kappa shape index (κ3) is 5.44. The van der Waals surface area contributed by atoms with Crippen molar-refractivity contribution in [1.82, 2.24) is 9.62 Å². The number of para-hydroxylation sites is 2. The van der Waals surface area contributed by atoms with E-state index in [1.54, 1.807) is 19.2 Å². The first kappa shape index (κ1) is 22.4. The summed E-state index contributed by atoms with van der Waals surface area (Å²) in [6.07, 6.45) is 0.752. The van der Waals surface area contributed by atoms with E-state index in [4.69, 9.17) is 9.47 Å². The molecule has 2 aromatic carbocycles. The third-order valence-corrected chi connectivity index (χ3v) is 6.83. The van der Waals surface area contributed by atoms with E-state index in [0.29, 0.717) is 12.3 Å². The largest absolute Gasteiger partial charge is 0.495 e. The molecular formula is C22H31N3O4S. The van der Waals surface area contributed by atoms with Crippen LogP contribution in [0.4, 0.5) is 5.69 Å². The quantitative estimate of drug-likeness (QED) is 0.613. The molecule has 8 heteroatoms. The number of nitrogens with one attached hydrogen (secondary N) is 1. The van der Waals surface area contributed by atoms with E-state index in [1.165, 1.54) is 7.11 Å². The Labute approximate surface area is 179 Å². The Morgan fingerprint density at radius 2 is 1.67 bits per heavy atom. The Bertz CT molecular complexity index is 941. The highest BCUT2D eigenvalue weighted by molar-refractivity contribution is 7.89. The van der Waals surface area contributed by atoms with Crippen LogP contribution in [0.25, 0.3) is 0 Å². The first-order valence-corrected chi connectivity index (χ1v) is 11.7. The Balaban J connectivity index is 1.46. The van der Waals surface area contributed by atoms with Gasteiger partial charge in [0.05, 0.1) is 19.9 Å². The molecule has 0 spiro atoms. The van der Waals surface area contributed by atoms with Crippen LogP contribution in [0.5, 0.6) is 11.5 Å². The number of anilines is 1. The summed E-state index contributed by atoms with van der Waals surface area (Å²) in [4.78, 5) is 4.89. The molecule has 1 aliphatic heterocycles. The molecule has 7 nitrogen and oxygen atoms in total. The van der Waals surface area contributed by atoms with Crippen molar-refractivity contribution in [2.24, 2.45) is 0 Å². The Morgan fingerprint density at radius 1 is 0.967 bits per heavy atom. The zero-order chi connectivity index (χ0) is 21.6. The molecule has 0 aromatic heterocycles. The van der Waals surface area contributed by atoms with Crippen LogP contribution in [0, 0.1) is 6.92 Å². The maximum absolute atomic E-state index is 12.7. The predicted octanol–water partition coefficient (Wildman–Crippen LogP) is 2.50. The summed E-state index contributed by atoms with van der Waals surface area (Å²) < 4.78 is 38.7. The van der Waals surface area contributed by atoms with Crippen LogP contribution < -0.4 is 19.1 Å². The molecule has 30 heavy (non-hydrogen) atoms. The predicted molar refractivity (Wildman–Crippen MR) is 119 cm³/mol. The average Bonchev–Trinajstić information content (AvgIpc) is 2.77. The van der Waals surface area contributed by atoms with Gasteiger partial charge in [-0.05, 0) is 49.7 Å². The molecule has 0 amide bonds. The van der Waals surface area contributed by atoms with Gasteiger partial charge in [-0.25, -0.2) is 13.1 Å². The van der Waals surface area contributed by atoms with E-state index < -0.39 is 10.0 Å². The number of ether oxygens (including phenoxy) is 2. The molecule has 1 fully saturated rings. The van der Waals surface area contributed by atoms with Gasteiger partial charge in [0.1, 0.15) is 16.4 Å². The van der Waals surface area contributed by atoms with Gasteiger partial charge in [-0.3, -0.25) is 4.90 Å². The van der Waals surface area contributed by atoms with Gasteiger partial charge in [0.15, 0.2) is 0 Å². The Kier molecular flexibility index (Phi) is 7.58. The molecule has 1 heterocycles. The van der Waals surface area contributed by atoms with Crippen molar-refractivity contribution in [2.45, 2.75) is 18.2 Å². The van der Waals surface area contributed by atoms with E-state index in [1.807, 2.05) is 31.2 Å². The summed E-state index contributed by atoms with van der Waals surface area (Å²) in [6, 6.07) is 13.2. The van der Waals surface area contributed by atoms with Gasteiger partial charge >= 0.3 is 0 Å². The van der Waals surface area contributed by atoms with E-state index in [2.05, 4.69) is 20.6 Å². The molecule has 3 rings (SSSR count). The minimum atomic E-state index is -3.60. The molecule has 0 saturated carbocycles. The van der Waals surface area contributed by atoms with Crippen molar-refractivity contribution in [3.05, 3.63) is 48.0 Å². The summed E-state index contributed by atoms with van der Waals surface area (Å²) in [5.41, 5.74) is 2.00. The van der Waals surface area contributed by atoms with Crippen LogP contribution in [-0.4, -0.2) is 66.8 Å². The first-order chi connectivity index (χ1) is 14.4. The SMILES string of the molecule is COc1ccccc1N1CCN(CCCNS(=O)(=O)c2cc(C)ccc2OC)CC1. The fourth-order valence-electron chi connectivity index (χ4n) is 3.68. The number of piperazine rings is 1. The van der Waals surface area contributed by atoms with E-state index >= 15 is 0 Å². The highest BCUT2D eigenvalue weighted by atomic mass is 32.2. The highest BCUT2D eigenvalue weighted by Crippen LogP contribution is 2.28. The molecule has 1 aliphatic rings. The molecule has 0 bridgehead atoms. The number of aryl methyl sites for hydroxylation is 1. The zero-order valence-electron chi connectivity index (χ0n) is 17.9. The van der Waals surface area contributed by atoms with Crippen LogP contribution >= 0.6 is 0 Å². The minimum Gasteiger partial charge on any atom is -0.495 e. The van der Waals surface area contributed by atoms with Crippen molar-refractivity contribution in [1.29, 1.82) is 0 Å². The summed E-state index contributed by atoms with van der Waals surface area (Å²) in [7, 11) is -0.419. The Hall–Kier alpha value is -2.29. The maximum atomic E-state index is 12.7. The van der Waals surface area contributed by atoms with E-state index in [9.17, 15) is 8.42 Å². The lowest BCUT2D eigenvalue weighted by Gasteiger charge is -2.36. The monoisotopic (exact) mass is 433 g/mol. The van der Waals surface area contributed by atoms with Crippen molar-refractivity contribution in [2.75, 3.05) is 58.4 Å². The highest BCUT2D eigenvalue weighted by Gasteiger charge is 2.21. The van der Waals surface area contributed by atoms with Crippen LogP contribution in [0.3, 0.4) is 0 Å². The molecule has 1 saturated heterocycles. The molecule has 0 aliphatic carbocycles. The van der Waals surface area contributed by atoms with Gasteiger partial charge in [0.2, 0.25) is 10.0 Å². The van der Waals surface area contributed by atoms with Crippen molar-refractivity contribution in [3.8, 4) is 11.5 Å². The maximum Gasteiger partial charge on any atom is 0.244 e. The summed E-state index contributed by atoms with van der Waals surface area (Å²) in [5, 5.41) is 0. The van der Waals surface area contributed by atoms with Crippen molar-refractivity contribution in [3.63, 3.8) is 0 Å². The second-order valence-corrected chi connectivity index (χ2v) is 9.14. The summed E-state index contributed by atoms with van der Waals surface area (Å²) >= 11 is 0. The lowest BCUT2D eigenvalue weighted by molar-refractivity contribution is 0.254. The second kappa shape index (κ2) is 10.1. The lowest BCUT2D eigenvalue weighted by Crippen LogP contribution is -2.47. The molecular weight excluding hydrogens is 402 g/mol. The number of hydrogen-bond acceptors (Lipinski definition) is 6. The lowest BCUT2D eigenvalue weighted by atomic mass is 10.2. The fourth-order valence-corrected chi connectivity index (χ4v) is 5.01. The standard InChI is InChI=1S/C22H31N3O4S/c1-18-9-10-21(29-3)22(17-18)30(26,27)23-11-6-12-24-13-15-25(16-14-24)19-7-4-5-8-20(19)28-2/h4-5,7-10,17,23H,6,11-16H2,1-3H3. The molecule has 164 valence electrons. The van der Waals surface area contributed by atoms with Gasteiger partial charge in [-0.2, -0.15) is 0 Å². The normalized spacial score (nSPS) is 15.2. The Morgan fingerprint density at radius 3 is 2.37 bits per heavy atom. The summed E-state index contributed by atoms with van der Waals surface area (Å²) in [6.45, 7) is 6.84. The second-order valence-electron chi connectivity index (χ2n) is 7.41. The smallest absolute Gasteiger partial charge is 0.244 e. The van der Waals surface area contributed by atoms with Crippen LogP contribution in [0.15, 0.2) is 47.4 Å². The number of benzene rings is 2. The molecule has 0 radical (unpaired) electrons. The van der Waals surface area contributed by atoms with Crippen LogP contribution in [0.2, 0.25) is 0 Å². The number of sulfonamides is 1. The molecule has 1 N–H and O–H groups in total. The summed E-state index contributed by atoms with van der Waals surface area (Å²) in [5.74, 6) is 1.26. The van der Waals surface area contributed by atoms with Crippen LogP contribution in [0.1, 0.15) is 12.0 Å². The minimum absolute atomic E-state index is 0.190. The number of nitrogens with zero attached hydrogens (tertiary/aromatic N) is 2. The van der Waals surface area contributed by atoms with Gasteiger partial charge < -0.3 is 14.4 Å².